The molecule has 2 rings (SSSR count). The van der Waals surface area contributed by atoms with Crippen LogP contribution in [0.15, 0.2) is 38.5 Å². The number of rotatable bonds is 4. The van der Waals surface area contributed by atoms with E-state index in [1.807, 2.05) is 0 Å². The lowest BCUT2D eigenvalue weighted by atomic mass is 10.3. The first-order valence-corrected chi connectivity index (χ1v) is 7.06. The van der Waals surface area contributed by atoms with Crippen LogP contribution in [0.5, 0.6) is 0 Å². The van der Waals surface area contributed by atoms with Gasteiger partial charge in [-0.05, 0) is 34.1 Å². The monoisotopic (exact) mass is 332 g/mol. The lowest BCUT2D eigenvalue weighted by Crippen LogP contribution is -2.24. The molecule has 0 bridgehead atoms. The van der Waals surface area contributed by atoms with Gasteiger partial charge in [0.2, 0.25) is 16.4 Å². The molecule has 0 aliphatic rings. The summed E-state index contributed by atoms with van der Waals surface area (Å²) in [5.74, 6) is 0.249. The third-order valence-corrected chi connectivity index (χ3v) is 4.47. The van der Waals surface area contributed by atoms with Crippen molar-refractivity contribution < 1.29 is 12.9 Å². The zero-order valence-electron chi connectivity index (χ0n) is 9.00. The molecule has 0 fully saturated rings. The molecule has 9 heteroatoms. The van der Waals surface area contributed by atoms with E-state index in [-0.39, 0.29) is 17.3 Å². The predicted octanol–water partition coefficient (Wildman–Crippen LogP) is 0.893. The van der Waals surface area contributed by atoms with Crippen molar-refractivity contribution >= 4 is 31.6 Å². The topological polar surface area (TPSA) is 111 Å². The van der Waals surface area contributed by atoms with Gasteiger partial charge in [-0.25, -0.2) is 13.1 Å². The molecule has 2 aromatic rings. The Morgan fingerprint density at radius 3 is 2.89 bits per heavy atom. The van der Waals surface area contributed by atoms with Crippen LogP contribution in [-0.2, 0) is 16.6 Å². The maximum atomic E-state index is 12.0. The van der Waals surface area contributed by atoms with E-state index < -0.39 is 10.0 Å². The maximum absolute atomic E-state index is 12.0. The van der Waals surface area contributed by atoms with E-state index in [0.29, 0.717) is 10.2 Å². The molecule has 0 spiro atoms. The molecule has 1 aromatic carbocycles. The highest BCUT2D eigenvalue weighted by molar-refractivity contribution is 9.10. The fourth-order valence-corrected chi connectivity index (χ4v) is 3.21. The van der Waals surface area contributed by atoms with E-state index in [9.17, 15) is 8.42 Å². The van der Waals surface area contributed by atoms with Gasteiger partial charge < -0.3 is 10.3 Å². The molecule has 96 valence electrons. The number of nitrogens with two attached hydrogens (primary N) is 1. The number of nitrogen functional groups attached to an aromatic ring is 1. The smallest absolute Gasteiger partial charge is 0.242 e. The van der Waals surface area contributed by atoms with Crippen LogP contribution in [0.25, 0.3) is 0 Å². The molecule has 1 aromatic heterocycles. The average Bonchev–Trinajstić information content (AvgIpc) is 2.83. The second kappa shape index (κ2) is 5.04. The van der Waals surface area contributed by atoms with Crippen LogP contribution in [0.1, 0.15) is 5.82 Å². The number of aromatic nitrogens is 2. The van der Waals surface area contributed by atoms with E-state index in [4.69, 9.17) is 5.73 Å². The second-order valence-electron chi connectivity index (χ2n) is 3.36. The third kappa shape index (κ3) is 2.86. The van der Waals surface area contributed by atoms with Crippen molar-refractivity contribution in [1.29, 1.82) is 0 Å². The van der Waals surface area contributed by atoms with Gasteiger partial charge in [-0.2, -0.15) is 4.98 Å². The molecule has 0 aliphatic heterocycles. The van der Waals surface area contributed by atoms with Crippen LogP contribution in [0.2, 0.25) is 0 Å². The van der Waals surface area contributed by atoms with E-state index in [0.717, 1.165) is 6.39 Å². The number of nitrogens with one attached hydrogen (secondary N) is 1. The molecule has 0 atom stereocenters. The van der Waals surface area contributed by atoms with Gasteiger partial charge in [0, 0.05) is 10.2 Å². The van der Waals surface area contributed by atoms with Gasteiger partial charge in [0.15, 0.2) is 5.82 Å². The Bertz CT molecular complexity index is 642. The Morgan fingerprint density at radius 1 is 1.44 bits per heavy atom. The highest BCUT2D eigenvalue weighted by atomic mass is 79.9. The Balaban J connectivity index is 2.22. The first-order valence-electron chi connectivity index (χ1n) is 4.79. The highest BCUT2D eigenvalue weighted by Crippen LogP contribution is 2.24. The number of anilines is 1. The van der Waals surface area contributed by atoms with Crippen molar-refractivity contribution in [3.8, 4) is 0 Å². The molecule has 0 saturated heterocycles. The number of sulfonamides is 1. The Morgan fingerprint density at radius 2 is 2.22 bits per heavy atom. The summed E-state index contributed by atoms with van der Waals surface area (Å²) in [4.78, 5) is 3.77. The third-order valence-electron chi connectivity index (χ3n) is 2.07. The minimum Gasteiger partial charge on any atom is -0.399 e. The first-order chi connectivity index (χ1) is 8.49. The minimum atomic E-state index is -3.69. The van der Waals surface area contributed by atoms with Gasteiger partial charge in [-0.15, -0.1) is 0 Å². The zero-order chi connectivity index (χ0) is 13.2. The molecule has 0 radical (unpaired) electrons. The van der Waals surface area contributed by atoms with Gasteiger partial charge in [0.25, 0.3) is 0 Å². The molecule has 0 unspecified atom stereocenters. The number of nitrogens with zero attached hydrogens (tertiary/aromatic N) is 2. The molecule has 0 aliphatic carbocycles. The molecule has 1 heterocycles. The van der Waals surface area contributed by atoms with Crippen LogP contribution in [0.3, 0.4) is 0 Å². The fraction of sp³-hybridized carbons (Fsp3) is 0.111. The highest BCUT2D eigenvalue weighted by Gasteiger charge is 2.18. The Kier molecular flexibility index (Phi) is 3.64. The maximum Gasteiger partial charge on any atom is 0.242 e. The molecule has 0 amide bonds. The number of benzene rings is 1. The van der Waals surface area contributed by atoms with Crippen molar-refractivity contribution in [3.05, 3.63) is 34.9 Å². The normalized spacial score (nSPS) is 11.6. The second-order valence-corrected chi connectivity index (χ2v) is 5.95. The van der Waals surface area contributed by atoms with Crippen molar-refractivity contribution in [2.75, 3.05) is 5.73 Å². The van der Waals surface area contributed by atoms with Gasteiger partial charge >= 0.3 is 0 Å². The summed E-state index contributed by atoms with van der Waals surface area (Å²) in [6, 6.07) is 4.53. The van der Waals surface area contributed by atoms with E-state index in [2.05, 4.69) is 35.3 Å². The Hall–Kier alpha value is -1.45. The number of hydrogen-bond donors (Lipinski definition) is 2. The summed E-state index contributed by atoms with van der Waals surface area (Å²) in [6.45, 7) is -0.0555. The largest absolute Gasteiger partial charge is 0.399 e. The van der Waals surface area contributed by atoms with Crippen LogP contribution in [0.4, 0.5) is 5.69 Å². The number of hydrogen-bond acceptors (Lipinski definition) is 6. The lowest BCUT2D eigenvalue weighted by molar-refractivity contribution is 0.409. The quantitative estimate of drug-likeness (QED) is 0.804. The summed E-state index contributed by atoms with van der Waals surface area (Å²) < 4.78 is 31.3. The van der Waals surface area contributed by atoms with Crippen molar-refractivity contribution in [3.63, 3.8) is 0 Å². The van der Waals surface area contributed by atoms with E-state index in [1.54, 1.807) is 12.1 Å². The molecule has 18 heavy (non-hydrogen) atoms. The number of halogens is 1. The molecular formula is C9H9BrN4O3S. The summed E-state index contributed by atoms with van der Waals surface area (Å²) in [5.41, 5.74) is 5.92. The average molecular weight is 333 g/mol. The van der Waals surface area contributed by atoms with Gasteiger partial charge in [-0.3, -0.25) is 0 Å². The van der Waals surface area contributed by atoms with Crippen molar-refractivity contribution in [2.45, 2.75) is 11.4 Å². The molecule has 7 nitrogen and oxygen atoms in total. The van der Waals surface area contributed by atoms with Crippen LogP contribution >= 0.6 is 15.9 Å². The summed E-state index contributed by atoms with van der Waals surface area (Å²) in [5, 5.41) is 3.50. The van der Waals surface area contributed by atoms with Crippen LogP contribution in [-0.4, -0.2) is 18.6 Å². The summed E-state index contributed by atoms with van der Waals surface area (Å²) in [6.07, 6.45) is 1.13. The van der Waals surface area contributed by atoms with Gasteiger partial charge in [0.05, 0.1) is 11.4 Å². The molecule has 3 N–H and O–H groups in total. The summed E-state index contributed by atoms with van der Waals surface area (Å²) >= 11 is 3.16. The lowest BCUT2D eigenvalue weighted by Gasteiger charge is -2.07. The SMILES string of the molecule is Nc1ccc(Br)c(S(=O)(=O)NCc2ncon2)c1. The zero-order valence-corrected chi connectivity index (χ0v) is 11.4. The van der Waals surface area contributed by atoms with Crippen molar-refractivity contribution in [1.82, 2.24) is 14.9 Å². The van der Waals surface area contributed by atoms with Crippen molar-refractivity contribution in [2.24, 2.45) is 0 Å². The minimum absolute atomic E-state index is 0.0555. The predicted molar refractivity (Wildman–Crippen MR) is 66.9 cm³/mol. The van der Waals surface area contributed by atoms with E-state index in [1.165, 1.54) is 6.07 Å². The standard InChI is InChI=1S/C9H9BrN4O3S/c10-7-2-1-6(11)3-8(7)18(15,16)13-4-9-12-5-17-14-9/h1-3,5,13H,4,11H2. The molecular weight excluding hydrogens is 324 g/mol. The fourth-order valence-electron chi connectivity index (χ4n) is 1.23. The summed E-state index contributed by atoms with van der Waals surface area (Å²) in [7, 11) is -3.69. The van der Waals surface area contributed by atoms with Crippen LogP contribution < -0.4 is 10.5 Å². The van der Waals surface area contributed by atoms with E-state index >= 15 is 0 Å². The molecule has 0 saturated carbocycles. The Labute approximate surface area is 112 Å². The first kappa shape index (κ1) is 13.0. The van der Waals surface area contributed by atoms with Gasteiger partial charge in [-0.1, -0.05) is 5.16 Å². The van der Waals surface area contributed by atoms with Crippen LogP contribution in [0, 0.1) is 0 Å². The van der Waals surface area contributed by atoms with Gasteiger partial charge in [0.1, 0.15) is 0 Å².